The minimum absolute atomic E-state index is 0.143. The Morgan fingerprint density at radius 1 is 1.36 bits per heavy atom. The molecule has 0 atom stereocenters. The molecule has 2 fully saturated rings. The summed E-state index contributed by atoms with van der Waals surface area (Å²) in [6, 6.07) is 5.96. The van der Waals surface area contributed by atoms with Gasteiger partial charge in [-0.15, -0.1) is 0 Å². The Morgan fingerprint density at radius 2 is 2.16 bits per heavy atom. The number of hydrogen-bond acceptors (Lipinski definition) is 4. The first kappa shape index (κ1) is 16.4. The van der Waals surface area contributed by atoms with Crippen LogP contribution in [0.2, 0.25) is 0 Å². The first-order chi connectivity index (χ1) is 12.2. The normalized spacial score (nSPS) is 19.7. The standard InChI is InChI=1S/C19H25N3O3/c1-24-14-2-3-17-15(12-14)16(13-21-17)19(4-5-19)18(23)20-6-7-22-8-10-25-11-9-22/h2-3,12-13,21H,4-11H2,1H3,(H,20,23). The molecule has 4 rings (SSSR count). The number of nitrogens with zero attached hydrogens (tertiary/aromatic N) is 1. The highest BCUT2D eigenvalue weighted by Crippen LogP contribution is 2.51. The molecule has 25 heavy (non-hydrogen) atoms. The lowest BCUT2D eigenvalue weighted by Gasteiger charge is -2.26. The molecule has 1 saturated carbocycles. The molecule has 134 valence electrons. The summed E-state index contributed by atoms with van der Waals surface area (Å²) < 4.78 is 10.7. The summed E-state index contributed by atoms with van der Waals surface area (Å²) in [6.07, 6.45) is 3.79. The number of rotatable bonds is 6. The van der Waals surface area contributed by atoms with Gasteiger partial charge in [0.15, 0.2) is 0 Å². The van der Waals surface area contributed by atoms with Crippen molar-refractivity contribution in [2.75, 3.05) is 46.5 Å². The van der Waals surface area contributed by atoms with E-state index in [0.717, 1.165) is 67.9 Å². The number of carbonyl (C=O) groups is 1. The van der Waals surface area contributed by atoms with E-state index in [-0.39, 0.29) is 11.3 Å². The van der Waals surface area contributed by atoms with Crippen LogP contribution in [0.1, 0.15) is 18.4 Å². The van der Waals surface area contributed by atoms with Gasteiger partial charge >= 0.3 is 0 Å². The number of hydrogen-bond donors (Lipinski definition) is 2. The molecule has 2 heterocycles. The van der Waals surface area contributed by atoms with Gasteiger partial charge in [-0.1, -0.05) is 0 Å². The van der Waals surface area contributed by atoms with Gasteiger partial charge in [-0.05, 0) is 36.6 Å². The third-order valence-corrected chi connectivity index (χ3v) is 5.41. The average Bonchev–Trinajstić information content (AvgIpc) is 3.35. The smallest absolute Gasteiger partial charge is 0.230 e. The summed E-state index contributed by atoms with van der Waals surface area (Å²) in [4.78, 5) is 18.5. The second-order valence-corrected chi connectivity index (χ2v) is 6.91. The highest BCUT2D eigenvalue weighted by molar-refractivity contribution is 5.98. The number of nitrogens with one attached hydrogen (secondary N) is 2. The molecular formula is C19H25N3O3. The van der Waals surface area contributed by atoms with Crippen LogP contribution in [0.4, 0.5) is 0 Å². The maximum Gasteiger partial charge on any atom is 0.230 e. The third kappa shape index (κ3) is 3.12. The lowest BCUT2D eigenvalue weighted by atomic mass is 9.94. The number of carbonyl (C=O) groups excluding carboxylic acids is 1. The Morgan fingerprint density at radius 3 is 2.88 bits per heavy atom. The van der Waals surface area contributed by atoms with E-state index in [2.05, 4.69) is 15.2 Å². The largest absolute Gasteiger partial charge is 0.497 e. The molecule has 0 bridgehead atoms. The molecule has 2 N–H and O–H groups in total. The van der Waals surface area contributed by atoms with Crippen molar-refractivity contribution >= 4 is 16.8 Å². The molecular weight excluding hydrogens is 318 g/mol. The number of benzene rings is 1. The summed E-state index contributed by atoms with van der Waals surface area (Å²) in [5, 5.41) is 4.23. The fourth-order valence-electron chi connectivity index (χ4n) is 3.69. The zero-order chi connectivity index (χ0) is 17.3. The molecule has 2 aromatic rings. The molecule has 0 spiro atoms. The fourth-order valence-corrected chi connectivity index (χ4v) is 3.69. The monoisotopic (exact) mass is 343 g/mol. The molecule has 0 radical (unpaired) electrons. The maximum absolute atomic E-state index is 12.9. The Hall–Kier alpha value is -2.05. The molecule has 1 aromatic heterocycles. The lowest BCUT2D eigenvalue weighted by Crippen LogP contribution is -2.43. The zero-order valence-corrected chi connectivity index (χ0v) is 14.6. The van der Waals surface area contributed by atoms with Crippen LogP contribution in [0.5, 0.6) is 5.75 Å². The van der Waals surface area contributed by atoms with E-state index in [1.54, 1.807) is 7.11 Å². The second-order valence-electron chi connectivity index (χ2n) is 6.91. The fraction of sp³-hybridized carbons (Fsp3) is 0.526. The Balaban J connectivity index is 1.45. The molecule has 6 heteroatoms. The zero-order valence-electron chi connectivity index (χ0n) is 14.6. The highest BCUT2D eigenvalue weighted by atomic mass is 16.5. The minimum atomic E-state index is -0.379. The Labute approximate surface area is 147 Å². The predicted octanol–water partition coefficient (Wildman–Crippen LogP) is 1.66. The van der Waals surface area contributed by atoms with Gasteiger partial charge in [-0.3, -0.25) is 9.69 Å². The summed E-state index contributed by atoms with van der Waals surface area (Å²) in [7, 11) is 1.67. The second kappa shape index (κ2) is 6.69. The number of morpholine rings is 1. The number of fused-ring (bicyclic) bond motifs is 1. The van der Waals surface area contributed by atoms with Crippen molar-refractivity contribution in [1.82, 2.24) is 15.2 Å². The quantitative estimate of drug-likeness (QED) is 0.837. The summed E-state index contributed by atoms with van der Waals surface area (Å²) in [5.41, 5.74) is 1.75. The van der Waals surface area contributed by atoms with Crippen LogP contribution in [0.3, 0.4) is 0 Å². The molecule has 6 nitrogen and oxygen atoms in total. The van der Waals surface area contributed by atoms with E-state index < -0.39 is 0 Å². The van der Waals surface area contributed by atoms with Crippen LogP contribution in [-0.4, -0.2) is 62.3 Å². The van der Waals surface area contributed by atoms with E-state index in [4.69, 9.17) is 9.47 Å². The van der Waals surface area contributed by atoms with Crippen molar-refractivity contribution in [3.05, 3.63) is 30.0 Å². The van der Waals surface area contributed by atoms with E-state index in [1.807, 2.05) is 24.4 Å². The Bertz CT molecular complexity index is 760. The first-order valence-electron chi connectivity index (χ1n) is 8.97. The van der Waals surface area contributed by atoms with Crippen LogP contribution in [0, 0.1) is 0 Å². The van der Waals surface area contributed by atoms with Crippen LogP contribution >= 0.6 is 0 Å². The topological polar surface area (TPSA) is 66.6 Å². The van der Waals surface area contributed by atoms with Crippen LogP contribution in [0.15, 0.2) is 24.4 Å². The van der Waals surface area contributed by atoms with Gasteiger partial charge in [-0.25, -0.2) is 0 Å². The minimum Gasteiger partial charge on any atom is -0.497 e. The van der Waals surface area contributed by atoms with Gasteiger partial charge in [0.05, 0.1) is 25.7 Å². The first-order valence-corrected chi connectivity index (χ1v) is 8.97. The molecule has 2 aliphatic rings. The number of aromatic amines is 1. The molecule has 1 aromatic carbocycles. The van der Waals surface area contributed by atoms with Crippen LogP contribution in [-0.2, 0) is 14.9 Å². The van der Waals surface area contributed by atoms with Gasteiger partial charge in [0, 0.05) is 43.3 Å². The number of ether oxygens (including phenoxy) is 2. The molecule has 1 saturated heterocycles. The number of H-pyrrole nitrogens is 1. The summed E-state index contributed by atoms with van der Waals surface area (Å²) >= 11 is 0. The van der Waals surface area contributed by atoms with Gasteiger partial charge in [0.25, 0.3) is 0 Å². The highest BCUT2D eigenvalue weighted by Gasteiger charge is 2.52. The van der Waals surface area contributed by atoms with Crippen LogP contribution < -0.4 is 10.1 Å². The Kier molecular flexibility index (Phi) is 4.39. The number of aromatic nitrogens is 1. The van der Waals surface area contributed by atoms with E-state index in [9.17, 15) is 4.79 Å². The van der Waals surface area contributed by atoms with Gasteiger partial charge in [0.2, 0.25) is 5.91 Å². The average molecular weight is 343 g/mol. The molecule has 1 aliphatic heterocycles. The lowest BCUT2D eigenvalue weighted by molar-refractivity contribution is -0.123. The van der Waals surface area contributed by atoms with Crippen molar-refractivity contribution in [3.8, 4) is 5.75 Å². The number of amides is 1. The van der Waals surface area contributed by atoms with Crippen molar-refractivity contribution in [3.63, 3.8) is 0 Å². The van der Waals surface area contributed by atoms with E-state index >= 15 is 0 Å². The van der Waals surface area contributed by atoms with Crippen molar-refractivity contribution in [1.29, 1.82) is 0 Å². The maximum atomic E-state index is 12.9. The van der Waals surface area contributed by atoms with Gasteiger partial charge < -0.3 is 19.8 Å². The molecule has 1 aliphatic carbocycles. The number of methoxy groups -OCH3 is 1. The van der Waals surface area contributed by atoms with Gasteiger partial charge in [-0.2, -0.15) is 0 Å². The molecule has 1 amide bonds. The van der Waals surface area contributed by atoms with Crippen molar-refractivity contribution in [2.45, 2.75) is 18.3 Å². The summed E-state index contributed by atoms with van der Waals surface area (Å²) in [6.45, 7) is 5.04. The molecule has 0 unspecified atom stereocenters. The van der Waals surface area contributed by atoms with Crippen molar-refractivity contribution < 1.29 is 14.3 Å². The van der Waals surface area contributed by atoms with Crippen LogP contribution in [0.25, 0.3) is 10.9 Å². The third-order valence-electron chi connectivity index (χ3n) is 5.41. The summed E-state index contributed by atoms with van der Waals surface area (Å²) in [5.74, 6) is 0.960. The SMILES string of the molecule is COc1ccc2[nH]cc(C3(C(=O)NCCN4CCOCC4)CC3)c2c1. The van der Waals surface area contributed by atoms with Gasteiger partial charge in [0.1, 0.15) is 5.75 Å². The predicted molar refractivity (Wildman–Crippen MR) is 96.0 cm³/mol. The van der Waals surface area contributed by atoms with Crippen molar-refractivity contribution in [2.24, 2.45) is 0 Å². The van der Waals surface area contributed by atoms with E-state index in [0.29, 0.717) is 6.54 Å². The van der Waals surface area contributed by atoms with E-state index in [1.165, 1.54) is 0 Å².